The fourth-order valence-electron chi connectivity index (χ4n) is 1.95. The van der Waals surface area contributed by atoms with Crippen LogP contribution in [0.25, 0.3) is 0 Å². The van der Waals surface area contributed by atoms with Gasteiger partial charge >= 0.3 is 0 Å². The van der Waals surface area contributed by atoms with Crippen molar-refractivity contribution in [2.24, 2.45) is 0 Å². The van der Waals surface area contributed by atoms with Gasteiger partial charge in [-0.2, -0.15) is 0 Å². The molecule has 2 N–H and O–H groups in total. The molecule has 7 heteroatoms. The van der Waals surface area contributed by atoms with E-state index < -0.39 is 5.91 Å². The van der Waals surface area contributed by atoms with E-state index >= 15 is 0 Å². The van der Waals surface area contributed by atoms with Crippen LogP contribution in [0, 0.1) is 0 Å². The van der Waals surface area contributed by atoms with Gasteiger partial charge in [-0.15, -0.1) is 0 Å². The van der Waals surface area contributed by atoms with Crippen LogP contribution in [0.2, 0.25) is 10.0 Å². The summed E-state index contributed by atoms with van der Waals surface area (Å²) < 4.78 is 0. The van der Waals surface area contributed by atoms with Gasteiger partial charge in [-0.1, -0.05) is 36.5 Å². The summed E-state index contributed by atoms with van der Waals surface area (Å²) in [5.41, 5.74) is 0.934. The fourth-order valence-corrected chi connectivity index (χ4v) is 2.41. The largest absolute Gasteiger partial charge is 0.352 e. The third-order valence-electron chi connectivity index (χ3n) is 3.25. The summed E-state index contributed by atoms with van der Waals surface area (Å²) in [6, 6.07) is 7.76. The minimum atomic E-state index is -0.456. The highest BCUT2D eigenvalue weighted by atomic mass is 35.5. The van der Waals surface area contributed by atoms with Gasteiger partial charge < -0.3 is 10.6 Å². The number of benzene rings is 1. The van der Waals surface area contributed by atoms with Crippen LogP contribution in [0.5, 0.6) is 0 Å². The molecular formula is C17H17Cl2N3O2. The van der Waals surface area contributed by atoms with Crippen molar-refractivity contribution in [3.63, 3.8) is 0 Å². The van der Waals surface area contributed by atoms with Crippen molar-refractivity contribution in [3.05, 3.63) is 57.8 Å². The lowest BCUT2D eigenvalue weighted by Crippen LogP contribution is -2.25. The number of nitrogens with zero attached hydrogens (tertiary/aromatic N) is 1. The first-order chi connectivity index (χ1) is 11.5. The number of aromatic nitrogens is 1. The van der Waals surface area contributed by atoms with E-state index in [4.69, 9.17) is 23.2 Å². The predicted molar refractivity (Wildman–Crippen MR) is 95.9 cm³/mol. The summed E-state index contributed by atoms with van der Waals surface area (Å²) in [7, 11) is 0. The summed E-state index contributed by atoms with van der Waals surface area (Å²) in [6.45, 7) is 2.64. The van der Waals surface area contributed by atoms with Gasteiger partial charge in [0.15, 0.2) is 0 Å². The van der Waals surface area contributed by atoms with Crippen LogP contribution < -0.4 is 10.6 Å². The Kier molecular flexibility index (Phi) is 6.58. The second-order valence-corrected chi connectivity index (χ2v) is 5.96. The highest BCUT2D eigenvalue weighted by Gasteiger charge is 2.13. The Balaban J connectivity index is 2.09. The SMILES string of the molecule is CCCCNC(=O)c1ccnc(C(=O)Nc2ccc(Cl)cc2Cl)c1. The van der Waals surface area contributed by atoms with E-state index in [1.165, 1.54) is 18.3 Å². The van der Waals surface area contributed by atoms with Crippen molar-refractivity contribution in [2.75, 3.05) is 11.9 Å². The lowest BCUT2D eigenvalue weighted by Gasteiger charge is -2.08. The number of carbonyl (C=O) groups is 2. The number of nitrogens with one attached hydrogen (secondary N) is 2. The van der Waals surface area contributed by atoms with Crippen LogP contribution in [0.1, 0.15) is 40.6 Å². The number of amides is 2. The van der Waals surface area contributed by atoms with E-state index in [1.54, 1.807) is 18.2 Å². The summed E-state index contributed by atoms with van der Waals surface area (Å²) in [5, 5.41) is 6.24. The number of hydrogen-bond donors (Lipinski definition) is 2. The molecule has 2 amide bonds. The minimum Gasteiger partial charge on any atom is -0.352 e. The van der Waals surface area contributed by atoms with Crippen molar-refractivity contribution in [3.8, 4) is 0 Å². The summed E-state index contributed by atoms with van der Waals surface area (Å²) in [4.78, 5) is 28.3. The van der Waals surface area contributed by atoms with Gasteiger partial charge in [-0.3, -0.25) is 14.6 Å². The van der Waals surface area contributed by atoms with E-state index in [-0.39, 0.29) is 11.6 Å². The standard InChI is InChI=1S/C17H17Cl2N3O2/c1-2-3-7-21-16(23)11-6-8-20-15(9-11)17(24)22-14-5-4-12(18)10-13(14)19/h4-6,8-10H,2-3,7H2,1H3,(H,21,23)(H,22,24). The van der Waals surface area contributed by atoms with Crippen molar-refractivity contribution in [1.82, 2.24) is 10.3 Å². The van der Waals surface area contributed by atoms with Crippen molar-refractivity contribution in [2.45, 2.75) is 19.8 Å². The first-order valence-corrected chi connectivity index (χ1v) is 8.27. The van der Waals surface area contributed by atoms with Crippen LogP contribution in [0.3, 0.4) is 0 Å². The smallest absolute Gasteiger partial charge is 0.274 e. The third-order valence-corrected chi connectivity index (χ3v) is 3.80. The highest BCUT2D eigenvalue weighted by Crippen LogP contribution is 2.25. The number of hydrogen-bond acceptors (Lipinski definition) is 3. The molecule has 0 aliphatic carbocycles. The molecule has 0 atom stereocenters. The third kappa shape index (κ3) is 4.94. The molecule has 0 bridgehead atoms. The Hall–Kier alpha value is -2.11. The molecule has 0 saturated carbocycles. The van der Waals surface area contributed by atoms with Crippen molar-refractivity contribution in [1.29, 1.82) is 0 Å². The summed E-state index contributed by atoms with van der Waals surface area (Å²) in [6.07, 6.45) is 3.32. The van der Waals surface area contributed by atoms with E-state index in [0.29, 0.717) is 27.8 Å². The average Bonchev–Trinajstić information content (AvgIpc) is 2.57. The number of unbranched alkanes of at least 4 members (excludes halogenated alkanes) is 1. The van der Waals surface area contributed by atoms with E-state index in [9.17, 15) is 9.59 Å². The Morgan fingerprint density at radius 1 is 1.12 bits per heavy atom. The molecule has 0 saturated heterocycles. The molecule has 126 valence electrons. The molecule has 0 spiro atoms. The minimum absolute atomic E-state index is 0.129. The van der Waals surface area contributed by atoms with Gasteiger partial charge in [-0.25, -0.2) is 0 Å². The summed E-state index contributed by atoms with van der Waals surface area (Å²) >= 11 is 11.9. The number of pyridine rings is 1. The van der Waals surface area contributed by atoms with Gasteiger partial charge in [0.25, 0.3) is 11.8 Å². The molecule has 1 heterocycles. The Labute approximate surface area is 150 Å². The molecule has 24 heavy (non-hydrogen) atoms. The maximum absolute atomic E-state index is 12.3. The zero-order chi connectivity index (χ0) is 17.5. The number of rotatable bonds is 6. The zero-order valence-corrected chi connectivity index (χ0v) is 14.6. The first kappa shape index (κ1) is 18.2. The van der Waals surface area contributed by atoms with Crippen LogP contribution in [0.15, 0.2) is 36.5 Å². The van der Waals surface area contributed by atoms with Gasteiger partial charge in [0.05, 0.1) is 10.7 Å². The van der Waals surface area contributed by atoms with E-state index in [1.807, 2.05) is 6.92 Å². The van der Waals surface area contributed by atoms with Crippen molar-refractivity contribution >= 4 is 40.7 Å². The number of carbonyl (C=O) groups excluding carboxylic acids is 2. The molecule has 2 aromatic rings. The van der Waals surface area contributed by atoms with Gasteiger partial charge in [0.2, 0.25) is 0 Å². The molecule has 0 fully saturated rings. The highest BCUT2D eigenvalue weighted by molar-refractivity contribution is 6.36. The van der Waals surface area contributed by atoms with E-state index in [2.05, 4.69) is 15.6 Å². The zero-order valence-electron chi connectivity index (χ0n) is 13.1. The topological polar surface area (TPSA) is 71.1 Å². The Morgan fingerprint density at radius 2 is 1.92 bits per heavy atom. The lowest BCUT2D eigenvalue weighted by molar-refractivity contribution is 0.0953. The number of anilines is 1. The molecule has 2 rings (SSSR count). The maximum Gasteiger partial charge on any atom is 0.274 e. The molecule has 0 aliphatic heterocycles. The van der Waals surface area contributed by atoms with Crippen LogP contribution in [-0.2, 0) is 0 Å². The molecule has 0 unspecified atom stereocenters. The van der Waals surface area contributed by atoms with Crippen LogP contribution in [-0.4, -0.2) is 23.3 Å². The molecule has 1 aromatic heterocycles. The molecular weight excluding hydrogens is 349 g/mol. The maximum atomic E-state index is 12.3. The second kappa shape index (κ2) is 8.66. The Bertz CT molecular complexity index is 750. The lowest BCUT2D eigenvalue weighted by atomic mass is 10.2. The fraction of sp³-hybridized carbons (Fsp3) is 0.235. The quantitative estimate of drug-likeness (QED) is 0.754. The van der Waals surface area contributed by atoms with Crippen LogP contribution in [0.4, 0.5) is 5.69 Å². The normalized spacial score (nSPS) is 10.3. The Morgan fingerprint density at radius 3 is 2.62 bits per heavy atom. The van der Waals surface area contributed by atoms with Gasteiger partial charge in [0.1, 0.15) is 5.69 Å². The average molecular weight is 366 g/mol. The first-order valence-electron chi connectivity index (χ1n) is 7.52. The molecule has 0 aliphatic rings. The second-order valence-electron chi connectivity index (χ2n) is 5.12. The summed E-state index contributed by atoms with van der Waals surface area (Å²) in [5.74, 6) is -0.688. The van der Waals surface area contributed by atoms with Gasteiger partial charge in [0, 0.05) is 23.3 Å². The van der Waals surface area contributed by atoms with Gasteiger partial charge in [-0.05, 0) is 36.8 Å². The monoisotopic (exact) mass is 365 g/mol. The van der Waals surface area contributed by atoms with E-state index in [0.717, 1.165) is 12.8 Å². The number of halogens is 2. The van der Waals surface area contributed by atoms with Crippen molar-refractivity contribution < 1.29 is 9.59 Å². The molecule has 0 radical (unpaired) electrons. The van der Waals surface area contributed by atoms with Crippen LogP contribution >= 0.6 is 23.2 Å². The predicted octanol–water partition coefficient (Wildman–Crippen LogP) is 4.17. The molecule has 5 nitrogen and oxygen atoms in total. The molecule has 1 aromatic carbocycles.